The summed E-state index contributed by atoms with van der Waals surface area (Å²) in [5, 5.41) is 12.8. The Morgan fingerprint density at radius 1 is 1.31 bits per heavy atom. The lowest BCUT2D eigenvalue weighted by Crippen LogP contribution is -2.28. The highest BCUT2D eigenvalue weighted by atomic mass is 19.1. The van der Waals surface area contributed by atoms with Crippen LogP contribution in [0.3, 0.4) is 0 Å². The van der Waals surface area contributed by atoms with Gasteiger partial charge >= 0.3 is 0 Å². The summed E-state index contributed by atoms with van der Waals surface area (Å²) in [5.74, 6) is -0.215. The van der Waals surface area contributed by atoms with Crippen molar-refractivity contribution in [2.24, 2.45) is 0 Å². The molecule has 0 radical (unpaired) electrons. The first kappa shape index (κ1) is 13.1. The van der Waals surface area contributed by atoms with Gasteiger partial charge in [0.1, 0.15) is 5.82 Å². The zero-order valence-corrected chi connectivity index (χ0v) is 10.1. The van der Waals surface area contributed by atoms with Gasteiger partial charge in [0.25, 0.3) is 0 Å². The van der Waals surface area contributed by atoms with Crippen molar-refractivity contribution in [1.29, 1.82) is 0 Å². The van der Waals surface area contributed by atoms with Crippen LogP contribution in [-0.2, 0) is 0 Å². The third-order valence-electron chi connectivity index (χ3n) is 2.56. The van der Waals surface area contributed by atoms with Crippen molar-refractivity contribution in [3.05, 3.63) is 35.6 Å². The van der Waals surface area contributed by atoms with Crippen LogP contribution in [0.25, 0.3) is 0 Å². The normalized spacial score (nSPS) is 13.8. The molecule has 0 heterocycles. The summed E-state index contributed by atoms with van der Waals surface area (Å²) in [7, 11) is 0. The maximum atomic E-state index is 12.7. The van der Waals surface area contributed by atoms with Gasteiger partial charge in [-0.25, -0.2) is 4.39 Å². The van der Waals surface area contributed by atoms with E-state index < -0.39 is 5.60 Å². The molecule has 1 atom stereocenters. The Kier molecular flexibility index (Phi) is 4.44. The number of nitrogens with one attached hydrogen (secondary N) is 1. The van der Waals surface area contributed by atoms with Crippen molar-refractivity contribution in [2.75, 3.05) is 6.54 Å². The first-order valence-electron chi connectivity index (χ1n) is 5.60. The highest BCUT2D eigenvalue weighted by Gasteiger charge is 2.12. The van der Waals surface area contributed by atoms with Gasteiger partial charge in [-0.3, -0.25) is 0 Å². The van der Waals surface area contributed by atoms with Crippen LogP contribution in [0.4, 0.5) is 4.39 Å². The lowest BCUT2D eigenvalue weighted by atomic mass is 10.0. The van der Waals surface area contributed by atoms with Gasteiger partial charge in [0.15, 0.2) is 0 Å². The van der Waals surface area contributed by atoms with E-state index in [1.807, 2.05) is 6.92 Å². The largest absolute Gasteiger partial charge is 0.390 e. The maximum Gasteiger partial charge on any atom is 0.123 e. The minimum atomic E-state index is -0.643. The molecular formula is C13H20FNO. The number of rotatable bonds is 5. The average molecular weight is 225 g/mol. The van der Waals surface area contributed by atoms with E-state index in [-0.39, 0.29) is 11.9 Å². The first-order chi connectivity index (χ1) is 7.38. The predicted octanol–water partition coefficient (Wildman–Crippen LogP) is 2.64. The van der Waals surface area contributed by atoms with E-state index >= 15 is 0 Å². The highest BCUT2D eigenvalue weighted by Crippen LogP contribution is 2.13. The van der Waals surface area contributed by atoms with Crippen molar-refractivity contribution in [3.63, 3.8) is 0 Å². The maximum absolute atomic E-state index is 12.7. The summed E-state index contributed by atoms with van der Waals surface area (Å²) in [6.45, 7) is 6.34. The lowest BCUT2D eigenvalue weighted by Gasteiger charge is -2.20. The smallest absolute Gasteiger partial charge is 0.123 e. The van der Waals surface area contributed by atoms with E-state index in [2.05, 4.69) is 5.32 Å². The lowest BCUT2D eigenvalue weighted by molar-refractivity contribution is 0.0705. The third-order valence-corrected chi connectivity index (χ3v) is 2.56. The molecule has 90 valence electrons. The molecule has 1 rings (SSSR count). The Morgan fingerprint density at radius 2 is 1.88 bits per heavy atom. The van der Waals surface area contributed by atoms with Gasteiger partial charge in [-0.2, -0.15) is 0 Å². The molecule has 0 fully saturated rings. The van der Waals surface area contributed by atoms with E-state index in [0.717, 1.165) is 12.1 Å². The number of hydrogen-bond donors (Lipinski definition) is 2. The van der Waals surface area contributed by atoms with E-state index in [4.69, 9.17) is 0 Å². The highest BCUT2D eigenvalue weighted by molar-refractivity contribution is 5.19. The number of benzene rings is 1. The number of aliphatic hydroxyl groups is 1. The molecule has 0 saturated heterocycles. The molecule has 16 heavy (non-hydrogen) atoms. The van der Waals surface area contributed by atoms with Gasteiger partial charge in [-0.1, -0.05) is 12.1 Å². The zero-order valence-electron chi connectivity index (χ0n) is 10.1. The molecule has 0 saturated carbocycles. The number of hydrogen-bond acceptors (Lipinski definition) is 2. The van der Waals surface area contributed by atoms with Crippen LogP contribution in [0.15, 0.2) is 24.3 Å². The van der Waals surface area contributed by atoms with E-state index in [1.165, 1.54) is 12.1 Å². The van der Waals surface area contributed by atoms with Gasteiger partial charge in [-0.05, 0) is 51.4 Å². The molecule has 0 aliphatic heterocycles. The zero-order chi connectivity index (χ0) is 12.2. The Hall–Kier alpha value is -0.930. The fourth-order valence-electron chi connectivity index (χ4n) is 1.46. The first-order valence-corrected chi connectivity index (χ1v) is 5.60. The second kappa shape index (κ2) is 5.41. The quantitative estimate of drug-likeness (QED) is 0.807. The molecule has 3 heteroatoms. The second-order valence-electron chi connectivity index (χ2n) is 4.79. The van der Waals surface area contributed by atoms with E-state index in [0.29, 0.717) is 6.42 Å². The SMILES string of the molecule is C[C@H](NCCC(C)(C)O)c1ccc(F)cc1. The van der Waals surface area contributed by atoms with Gasteiger partial charge in [-0.15, -0.1) is 0 Å². The Morgan fingerprint density at radius 3 is 2.38 bits per heavy atom. The fourth-order valence-corrected chi connectivity index (χ4v) is 1.46. The van der Waals surface area contributed by atoms with E-state index in [1.54, 1.807) is 26.0 Å². The van der Waals surface area contributed by atoms with Crippen LogP contribution < -0.4 is 5.32 Å². The Balaban J connectivity index is 2.41. The summed E-state index contributed by atoms with van der Waals surface area (Å²) in [6, 6.07) is 6.64. The molecule has 0 aliphatic carbocycles. The molecule has 0 unspecified atom stereocenters. The van der Waals surface area contributed by atoms with Gasteiger partial charge in [0.2, 0.25) is 0 Å². The summed E-state index contributed by atoms with van der Waals surface area (Å²) in [4.78, 5) is 0. The van der Waals surface area contributed by atoms with Gasteiger partial charge in [0.05, 0.1) is 5.60 Å². The molecule has 2 nitrogen and oxygen atoms in total. The van der Waals surface area contributed by atoms with Crippen LogP contribution in [0, 0.1) is 5.82 Å². The molecule has 2 N–H and O–H groups in total. The summed E-state index contributed by atoms with van der Waals surface area (Å²) in [6.07, 6.45) is 0.693. The van der Waals surface area contributed by atoms with Crippen LogP contribution in [-0.4, -0.2) is 17.3 Å². The average Bonchev–Trinajstić information content (AvgIpc) is 2.16. The van der Waals surface area contributed by atoms with Crippen molar-refractivity contribution in [1.82, 2.24) is 5.32 Å². The van der Waals surface area contributed by atoms with Crippen molar-refractivity contribution in [3.8, 4) is 0 Å². The second-order valence-corrected chi connectivity index (χ2v) is 4.79. The molecule has 0 aliphatic rings. The summed E-state index contributed by atoms with van der Waals surface area (Å²) < 4.78 is 12.7. The van der Waals surface area contributed by atoms with Crippen LogP contribution in [0.1, 0.15) is 38.8 Å². The van der Waals surface area contributed by atoms with Crippen LogP contribution in [0.5, 0.6) is 0 Å². The molecule has 0 aromatic heterocycles. The van der Waals surface area contributed by atoms with Crippen molar-refractivity contribution in [2.45, 2.75) is 38.8 Å². The van der Waals surface area contributed by atoms with Gasteiger partial charge < -0.3 is 10.4 Å². The summed E-state index contributed by atoms with van der Waals surface area (Å²) in [5.41, 5.74) is 0.410. The standard InChI is InChI=1S/C13H20FNO/c1-10(15-9-8-13(2,3)16)11-4-6-12(14)7-5-11/h4-7,10,15-16H,8-9H2,1-3H3/t10-/m0/s1. The predicted molar refractivity (Wildman–Crippen MR) is 63.7 cm³/mol. The summed E-state index contributed by atoms with van der Waals surface area (Å²) >= 11 is 0. The van der Waals surface area contributed by atoms with E-state index in [9.17, 15) is 9.50 Å². The monoisotopic (exact) mass is 225 g/mol. The topological polar surface area (TPSA) is 32.3 Å². The Labute approximate surface area is 96.5 Å². The number of halogens is 1. The van der Waals surface area contributed by atoms with Crippen LogP contribution >= 0.6 is 0 Å². The molecule has 1 aromatic rings. The van der Waals surface area contributed by atoms with Crippen LogP contribution in [0.2, 0.25) is 0 Å². The van der Waals surface area contributed by atoms with Gasteiger partial charge in [0, 0.05) is 6.04 Å². The molecule has 0 amide bonds. The Bertz CT molecular complexity index is 316. The minimum absolute atomic E-state index is 0.169. The fraction of sp³-hybridized carbons (Fsp3) is 0.538. The molecule has 1 aromatic carbocycles. The minimum Gasteiger partial charge on any atom is -0.390 e. The molecule has 0 spiro atoms. The molecular weight excluding hydrogens is 205 g/mol. The third kappa shape index (κ3) is 4.73. The van der Waals surface area contributed by atoms with Crippen molar-refractivity contribution < 1.29 is 9.50 Å². The molecule has 0 bridgehead atoms. The van der Waals surface area contributed by atoms with Crippen molar-refractivity contribution >= 4 is 0 Å².